The molecule has 6 heterocycles. The van der Waals surface area contributed by atoms with Crippen molar-refractivity contribution >= 4 is 67.9 Å². The number of rotatable bonds is 6. The van der Waals surface area contributed by atoms with Gasteiger partial charge in [0.25, 0.3) is 11.8 Å². The van der Waals surface area contributed by atoms with Crippen molar-refractivity contribution < 1.29 is 19.5 Å². The van der Waals surface area contributed by atoms with Gasteiger partial charge in [-0.1, -0.05) is 46.4 Å². The van der Waals surface area contributed by atoms with Crippen molar-refractivity contribution in [2.24, 2.45) is 21.1 Å². The van der Waals surface area contributed by atoms with Gasteiger partial charge in [0.15, 0.2) is 0 Å². The Balaban J connectivity index is 0.000000137. The number of anilines is 3. The lowest BCUT2D eigenvalue weighted by molar-refractivity contribution is 0.0698. The van der Waals surface area contributed by atoms with E-state index >= 15 is 0 Å². The number of carbonyl (C=O) groups excluding carboxylic acids is 2. The number of nitrogen functional groups attached to an aromatic ring is 3. The number of nitrogens with two attached hydrogens (primary N) is 3. The molecule has 8 N–H and O–H groups in total. The molecule has 0 spiro atoms. The van der Waals surface area contributed by atoms with Crippen LogP contribution in [0.2, 0.25) is 0 Å². The van der Waals surface area contributed by atoms with Gasteiger partial charge in [-0.3, -0.25) is 14.7 Å². The molecule has 16 heteroatoms. The summed E-state index contributed by atoms with van der Waals surface area (Å²) in [5.41, 5.74) is 32.9. The summed E-state index contributed by atoms with van der Waals surface area (Å²) in [7, 11) is 6.05. The highest BCUT2D eigenvalue weighted by atomic mass is 16.4. The van der Waals surface area contributed by atoms with Gasteiger partial charge in [-0.25, -0.2) is 4.79 Å². The third kappa shape index (κ3) is 9.72. The minimum absolute atomic E-state index is 0. The Labute approximate surface area is 432 Å². The number of nitrogens with zero attached hydrogens (tertiary/aromatic N) is 8. The van der Waals surface area contributed by atoms with E-state index in [-0.39, 0.29) is 19.2 Å². The molecule has 3 aliphatic rings. The average Bonchev–Trinajstić information content (AvgIpc) is 4.28. The molecular weight excluding hydrogens is 929 g/mol. The minimum atomic E-state index is -0.867. The van der Waals surface area contributed by atoms with E-state index in [4.69, 9.17) is 22.3 Å². The Morgan fingerprint density at radius 2 is 1.00 bits per heavy atom. The molecule has 3 aromatic carbocycles. The van der Waals surface area contributed by atoms with Gasteiger partial charge in [0, 0.05) is 93.3 Å². The Bertz CT molecular complexity index is 3540. The van der Waals surface area contributed by atoms with E-state index in [1.165, 1.54) is 44.9 Å². The number of benzene rings is 3. The number of hydrogen-bond acceptors (Lipinski definition) is 9. The van der Waals surface area contributed by atoms with E-state index in [0.717, 1.165) is 144 Å². The minimum Gasteiger partial charge on any atom is -0.478 e. The summed E-state index contributed by atoms with van der Waals surface area (Å²) in [4.78, 5) is 37.3. The Kier molecular flexibility index (Phi) is 15.6. The first-order valence-electron chi connectivity index (χ1n) is 25.8. The van der Waals surface area contributed by atoms with Gasteiger partial charge >= 0.3 is 5.97 Å². The predicted molar refractivity (Wildman–Crippen MR) is 296 cm³/mol. The molecule has 0 unspecified atom stereocenters. The number of H-pyrrole nitrogens is 1. The number of carbonyl (C=O) groups is 3. The number of aryl methyl sites for hydroxylation is 8. The summed E-state index contributed by atoms with van der Waals surface area (Å²) in [6.45, 7) is 6.31. The van der Waals surface area contributed by atoms with Gasteiger partial charge in [0.2, 0.25) is 0 Å². The summed E-state index contributed by atoms with van der Waals surface area (Å²) >= 11 is 0. The summed E-state index contributed by atoms with van der Waals surface area (Å²) in [6.07, 6.45) is 15.6. The number of hydrogen-bond donors (Lipinski definition) is 5. The fourth-order valence-electron chi connectivity index (χ4n) is 11.1. The van der Waals surface area contributed by atoms with Crippen LogP contribution in [0, 0.1) is 0 Å². The van der Waals surface area contributed by atoms with E-state index in [9.17, 15) is 14.4 Å². The molecule has 388 valence electrons. The van der Waals surface area contributed by atoms with E-state index in [0.29, 0.717) is 34.1 Å². The molecule has 0 radical (unpaired) electrons. The van der Waals surface area contributed by atoms with Crippen LogP contribution in [0.25, 0.3) is 32.7 Å². The molecule has 0 atom stereocenters. The average molecular weight is 1000 g/mol. The second-order valence-electron chi connectivity index (χ2n) is 19.4. The normalized spacial score (nSPS) is 13.6. The van der Waals surface area contributed by atoms with E-state index < -0.39 is 5.97 Å². The molecule has 74 heavy (non-hydrogen) atoms. The zero-order valence-electron chi connectivity index (χ0n) is 43.0. The SMILES string of the molecule is C.CCc1cc2c(C(=O)O)cccc2n1C.CCc1cc2c(C(=O)n3nc(N)c4c3CCCC4)cccc2n1C.CCc1cc2c(C(=O)n3nc4c(c3N)CCCC4)cccc2n1C.Nc1n[nH]c2c1CCCC2. The smallest absolute Gasteiger partial charge is 0.336 e. The van der Waals surface area contributed by atoms with E-state index in [1.807, 2.05) is 68.2 Å². The van der Waals surface area contributed by atoms with Crippen molar-refractivity contribution in [1.82, 2.24) is 43.5 Å². The van der Waals surface area contributed by atoms with Crippen molar-refractivity contribution in [2.75, 3.05) is 17.2 Å². The highest BCUT2D eigenvalue weighted by Gasteiger charge is 2.27. The topological polar surface area (TPSA) is 229 Å². The van der Waals surface area contributed by atoms with Crippen LogP contribution in [0.3, 0.4) is 0 Å². The standard InChI is InChI=1S/2C19H22N4O.C12H13NO2.C7H11N3.CH4/c1-3-12-11-15-13(8-6-10-16(15)22(12)2)19(24)23-17-9-5-4-7-14(17)18(20)21-23;1-3-12-11-15-13(8-6-10-17(15)22(12)2)19(24)23-18(20)14-7-4-5-9-16(14)21-23;1-3-8-7-10-9(12(14)15)5-4-6-11(10)13(8)2;8-7-5-3-1-2-4-6(5)9-10-7;/h6,8,10-11H,3-5,7,9H2,1-2H3,(H2,20,21);6,8,10-11H,3-5,7,9,20H2,1-2H3;4-7H,3H2,1-2H3,(H,14,15);1-4H2,(H3,8,9,10);1H4. The highest BCUT2D eigenvalue weighted by Crippen LogP contribution is 2.31. The Morgan fingerprint density at radius 1 is 0.554 bits per heavy atom. The summed E-state index contributed by atoms with van der Waals surface area (Å²) in [5, 5.41) is 27.6. The fraction of sp³-hybridized carbons (Fsp3) is 0.379. The predicted octanol–water partition coefficient (Wildman–Crippen LogP) is 10.1. The van der Waals surface area contributed by atoms with E-state index in [2.05, 4.69) is 68.5 Å². The number of nitrogens with one attached hydrogen (secondary N) is 1. The number of aromatic nitrogens is 9. The second kappa shape index (κ2) is 22.1. The van der Waals surface area contributed by atoms with Crippen molar-refractivity contribution in [1.29, 1.82) is 0 Å². The molecule has 0 bridgehead atoms. The van der Waals surface area contributed by atoms with Crippen molar-refractivity contribution in [2.45, 2.75) is 125 Å². The molecule has 3 aliphatic carbocycles. The van der Waals surface area contributed by atoms with Crippen LogP contribution in [-0.2, 0) is 78.9 Å². The number of aromatic carboxylic acids is 1. The number of fused-ring (bicyclic) bond motifs is 6. The molecule has 0 amide bonds. The lowest BCUT2D eigenvalue weighted by Gasteiger charge is -2.13. The van der Waals surface area contributed by atoms with Crippen LogP contribution < -0.4 is 17.2 Å². The maximum atomic E-state index is 13.2. The van der Waals surface area contributed by atoms with Crippen molar-refractivity contribution in [3.8, 4) is 0 Å². The zero-order valence-corrected chi connectivity index (χ0v) is 43.0. The lowest BCUT2D eigenvalue weighted by Crippen LogP contribution is -2.18. The van der Waals surface area contributed by atoms with Gasteiger partial charge in [0.05, 0.1) is 28.1 Å². The van der Waals surface area contributed by atoms with Gasteiger partial charge in [-0.2, -0.15) is 19.6 Å². The summed E-state index contributed by atoms with van der Waals surface area (Å²) < 4.78 is 9.28. The van der Waals surface area contributed by atoms with E-state index in [1.54, 1.807) is 12.1 Å². The van der Waals surface area contributed by atoms with Gasteiger partial charge in [0.1, 0.15) is 17.5 Å². The summed E-state index contributed by atoms with van der Waals surface area (Å²) in [6, 6.07) is 23.3. The molecule has 12 rings (SSSR count). The quantitative estimate of drug-likeness (QED) is 0.106. The number of aromatic amines is 1. The molecule has 6 aromatic heterocycles. The molecule has 0 saturated carbocycles. The van der Waals surface area contributed by atoms with Crippen LogP contribution in [0.5, 0.6) is 0 Å². The Morgan fingerprint density at radius 3 is 1.50 bits per heavy atom. The van der Waals surface area contributed by atoms with Gasteiger partial charge in [-0.15, -0.1) is 5.10 Å². The van der Waals surface area contributed by atoms with Crippen LogP contribution in [0.1, 0.15) is 149 Å². The molecule has 9 aromatic rings. The third-order valence-electron chi connectivity index (χ3n) is 15.2. The molecule has 0 fully saturated rings. The van der Waals surface area contributed by atoms with Crippen LogP contribution >= 0.6 is 0 Å². The third-order valence-corrected chi connectivity index (χ3v) is 15.2. The fourth-order valence-corrected chi connectivity index (χ4v) is 11.1. The molecule has 0 saturated heterocycles. The monoisotopic (exact) mass is 1000 g/mol. The van der Waals surface area contributed by atoms with Crippen LogP contribution in [0.15, 0.2) is 72.8 Å². The zero-order chi connectivity index (χ0) is 51.7. The maximum absolute atomic E-state index is 13.2. The molecule has 0 aliphatic heterocycles. The van der Waals surface area contributed by atoms with Gasteiger partial charge < -0.3 is 36.0 Å². The number of carboxylic acids is 1. The van der Waals surface area contributed by atoms with Crippen LogP contribution in [-0.4, -0.2) is 66.3 Å². The van der Waals surface area contributed by atoms with Crippen LogP contribution in [0.4, 0.5) is 17.5 Å². The first-order valence-corrected chi connectivity index (χ1v) is 25.8. The van der Waals surface area contributed by atoms with Crippen molar-refractivity contribution in [3.05, 3.63) is 140 Å². The Hall–Kier alpha value is -7.88. The first kappa shape index (κ1) is 52.4. The lowest BCUT2D eigenvalue weighted by atomic mass is 9.97. The molecule has 16 nitrogen and oxygen atoms in total. The van der Waals surface area contributed by atoms with Gasteiger partial charge in [-0.05, 0) is 151 Å². The summed E-state index contributed by atoms with van der Waals surface area (Å²) in [5.74, 6) is 0.638. The maximum Gasteiger partial charge on any atom is 0.336 e. The van der Waals surface area contributed by atoms with Crippen molar-refractivity contribution in [3.63, 3.8) is 0 Å². The first-order chi connectivity index (χ1) is 35.3. The highest BCUT2D eigenvalue weighted by molar-refractivity contribution is 6.09. The second-order valence-corrected chi connectivity index (χ2v) is 19.4. The largest absolute Gasteiger partial charge is 0.478 e. The number of carboxylic acid groups (broad SMARTS) is 1. The molecular formula is C58H72N12O4.